The molecule has 2 N–H and O–H groups in total. The normalized spacial score (nSPS) is 14.2. The van der Waals surface area contributed by atoms with Crippen LogP contribution in [-0.4, -0.2) is 54.4 Å². The van der Waals surface area contributed by atoms with Gasteiger partial charge in [-0.3, -0.25) is 9.59 Å². The smallest absolute Gasteiger partial charge is 0.267 e. The van der Waals surface area contributed by atoms with Gasteiger partial charge in [0.1, 0.15) is 5.69 Å². The number of benzene rings is 2. The molecule has 1 fully saturated rings. The highest BCUT2D eigenvalue weighted by molar-refractivity contribution is 6.31. The van der Waals surface area contributed by atoms with Crippen molar-refractivity contribution >= 4 is 40.0 Å². The number of carbonyl (C=O) groups is 2. The van der Waals surface area contributed by atoms with Crippen LogP contribution in [0, 0.1) is 0 Å². The molecule has 29 heavy (non-hydrogen) atoms. The third kappa shape index (κ3) is 4.54. The average Bonchev–Trinajstić information content (AvgIpc) is 3.17. The van der Waals surface area contributed by atoms with Gasteiger partial charge in [-0.15, -0.1) is 0 Å². The molecule has 0 aliphatic carbocycles. The second-order valence-corrected chi connectivity index (χ2v) is 7.56. The topological polar surface area (TPSA) is 68.4 Å². The minimum Gasteiger partial charge on any atom is -0.368 e. The van der Waals surface area contributed by atoms with Crippen LogP contribution in [0.15, 0.2) is 54.6 Å². The van der Waals surface area contributed by atoms with Gasteiger partial charge < -0.3 is 20.1 Å². The highest BCUT2D eigenvalue weighted by Gasteiger charge is 2.21. The Balaban J connectivity index is 1.24. The molecule has 4 rings (SSSR count). The lowest BCUT2D eigenvalue weighted by molar-refractivity contribution is -0.131. The van der Waals surface area contributed by atoms with Crippen molar-refractivity contribution in [3.05, 3.63) is 65.3 Å². The third-order valence-electron chi connectivity index (χ3n) is 5.21. The van der Waals surface area contributed by atoms with Crippen molar-refractivity contribution in [1.82, 2.24) is 15.2 Å². The van der Waals surface area contributed by atoms with Crippen LogP contribution in [0.25, 0.3) is 10.9 Å². The summed E-state index contributed by atoms with van der Waals surface area (Å²) < 4.78 is 0. The van der Waals surface area contributed by atoms with Gasteiger partial charge in [0.05, 0.1) is 0 Å². The Morgan fingerprint density at radius 1 is 1.00 bits per heavy atom. The predicted octanol–water partition coefficient (Wildman–Crippen LogP) is 3.29. The number of halogens is 1. The number of rotatable bonds is 5. The Labute approximate surface area is 174 Å². The van der Waals surface area contributed by atoms with Crippen molar-refractivity contribution in [2.45, 2.75) is 6.42 Å². The van der Waals surface area contributed by atoms with E-state index < -0.39 is 0 Å². The summed E-state index contributed by atoms with van der Waals surface area (Å²) in [5.41, 5.74) is 2.47. The standard InChI is InChI=1S/C22H23ClN4O2/c23-17-7-6-16-14-20(25-19(16)15-17)22(29)24-9-8-21(28)27-12-10-26(11-13-27)18-4-2-1-3-5-18/h1-7,14-15,25H,8-13H2,(H,24,29). The first-order valence-electron chi connectivity index (χ1n) is 9.74. The fourth-order valence-corrected chi connectivity index (χ4v) is 3.78. The highest BCUT2D eigenvalue weighted by atomic mass is 35.5. The number of para-hydroxylation sites is 1. The number of nitrogens with zero attached hydrogens (tertiary/aromatic N) is 2. The monoisotopic (exact) mass is 410 g/mol. The molecule has 7 heteroatoms. The summed E-state index contributed by atoms with van der Waals surface area (Å²) in [6.45, 7) is 3.35. The number of anilines is 1. The molecule has 0 bridgehead atoms. The molecule has 0 spiro atoms. The molecule has 2 heterocycles. The largest absolute Gasteiger partial charge is 0.368 e. The second-order valence-electron chi connectivity index (χ2n) is 7.12. The molecule has 1 saturated heterocycles. The maximum Gasteiger partial charge on any atom is 0.267 e. The molecular weight excluding hydrogens is 388 g/mol. The van der Waals surface area contributed by atoms with Gasteiger partial charge in [0.15, 0.2) is 0 Å². The molecule has 1 aliphatic rings. The maximum atomic E-state index is 12.5. The van der Waals surface area contributed by atoms with E-state index in [-0.39, 0.29) is 11.8 Å². The quantitative estimate of drug-likeness (QED) is 0.678. The predicted molar refractivity (Wildman–Crippen MR) is 115 cm³/mol. The molecule has 0 atom stereocenters. The van der Waals surface area contributed by atoms with Crippen LogP contribution in [0.1, 0.15) is 16.9 Å². The summed E-state index contributed by atoms with van der Waals surface area (Å²) in [5.74, 6) is -0.152. The Hall–Kier alpha value is -2.99. The van der Waals surface area contributed by atoms with E-state index in [1.54, 1.807) is 18.2 Å². The number of piperazine rings is 1. The summed E-state index contributed by atoms with van der Waals surface area (Å²) in [6, 6.07) is 17.4. The van der Waals surface area contributed by atoms with Gasteiger partial charge in [-0.1, -0.05) is 35.9 Å². The molecule has 150 valence electrons. The van der Waals surface area contributed by atoms with E-state index in [2.05, 4.69) is 27.3 Å². The zero-order valence-corrected chi connectivity index (χ0v) is 16.8. The number of hydrogen-bond donors (Lipinski definition) is 2. The van der Waals surface area contributed by atoms with Gasteiger partial charge in [0.25, 0.3) is 5.91 Å². The lowest BCUT2D eigenvalue weighted by Crippen LogP contribution is -2.49. The summed E-state index contributed by atoms with van der Waals surface area (Å²) in [6.07, 6.45) is 0.295. The van der Waals surface area contributed by atoms with Crippen molar-refractivity contribution in [1.29, 1.82) is 0 Å². The van der Waals surface area contributed by atoms with Gasteiger partial charge in [0, 0.05) is 60.8 Å². The number of nitrogens with one attached hydrogen (secondary N) is 2. The summed E-state index contributed by atoms with van der Waals surface area (Å²) in [7, 11) is 0. The number of H-pyrrole nitrogens is 1. The highest BCUT2D eigenvalue weighted by Crippen LogP contribution is 2.20. The maximum absolute atomic E-state index is 12.5. The Kier molecular flexibility index (Phi) is 5.71. The van der Waals surface area contributed by atoms with Crippen molar-refractivity contribution in [2.75, 3.05) is 37.6 Å². The van der Waals surface area contributed by atoms with E-state index >= 15 is 0 Å². The molecule has 0 unspecified atom stereocenters. The Morgan fingerprint density at radius 3 is 2.52 bits per heavy atom. The lowest BCUT2D eigenvalue weighted by atomic mass is 10.2. The molecule has 6 nitrogen and oxygen atoms in total. The molecule has 2 aromatic carbocycles. The van der Waals surface area contributed by atoms with Crippen LogP contribution >= 0.6 is 11.6 Å². The second kappa shape index (κ2) is 8.57. The molecule has 0 saturated carbocycles. The minimum absolute atomic E-state index is 0.0708. The Morgan fingerprint density at radius 2 is 1.76 bits per heavy atom. The zero-order valence-electron chi connectivity index (χ0n) is 16.0. The van der Waals surface area contributed by atoms with Gasteiger partial charge in [0.2, 0.25) is 5.91 Å². The minimum atomic E-state index is -0.223. The summed E-state index contributed by atoms with van der Waals surface area (Å²) in [4.78, 5) is 32.0. The van der Waals surface area contributed by atoms with Gasteiger partial charge in [-0.05, 0) is 30.3 Å². The van der Waals surface area contributed by atoms with Crippen LogP contribution in [0.2, 0.25) is 5.02 Å². The molecule has 2 amide bonds. The van der Waals surface area contributed by atoms with Crippen LogP contribution in [0.4, 0.5) is 5.69 Å². The molecule has 3 aromatic rings. The third-order valence-corrected chi connectivity index (χ3v) is 5.44. The number of aromatic nitrogens is 1. The van der Waals surface area contributed by atoms with Crippen LogP contribution in [0.5, 0.6) is 0 Å². The fraction of sp³-hybridized carbons (Fsp3) is 0.273. The number of carbonyl (C=O) groups excluding carboxylic acids is 2. The van der Waals surface area contributed by atoms with Crippen molar-refractivity contribution in [3.8, 4) is 0 Å². The SMILES string of the molecule is O=C(NCCC(=O)N1CCN(c2ccccc2)CC1)c1cc2ccc(Cl)cc2[nH]1. The number of hydrogen-bond acceptors (Lipinski definition) is 3. The van der Waals surface area contributed by atoms with Crippen molar-refractivity contribution in [2.24, 2.45) is 0 Å². The molecule has 1 aromatic heterocycles. The van der Waals surface area contributed by atoms with E-state index in [0.29, 0.717) is 36.8 Å². The first-order chi connectivity index (χ1) is 14.1. The van der Waals surface area contributed by atoms with Crippen LogP contribution in [0.3, 0.4) is 0 Å². The fourth-order valence-electron chi connectivity index (χ4n) is 3.61. The average molecular weight is 411 g/mol. The Bertz CT molecular complexity index is 1010. The van der Waals surface area contributed by atoms with Gasteiger partial charge >= 0.3 is 0 Å². The van der Waals surface area contributed by atoms with E-state index in [9.17, 15) is 9.59 Å². The molecule has 1 aliphatic heterocycles. The molecular formula is C22H23ClN4O2. The number of aromatic amines is 1. The van der Waals surface area contributed by atoms with Gasteiger partial charge in [-0.25, -0.2) is 0 Å². The number of amides is 2. The number of fused-ring (bicyclic) bond motifs is 1. The first kappa shape index (κ1) is 19.3. The van der Waals surface area contributed by atoms with E-state index in [4.69, 9.17) is 11.6 Å². The zero-order chi connectivity index (χ0) is 20.2. The van der Waals surface area contributed by atoms with E-state index in [0.717, 1.165) is 24.0 Å². The van der Waals surface area contributed by atoms with Crippen LogP contribution in [-0.2, 0) is 4.79 Å². The van der Waals surface area contributed by atoms with E-state index in [1.807, 2.05) is 29.2 Å². The van der Waals surface area contributed by atoms with Crippen molar-refractivity contribution < 1.29 is 9.59 Å². The van der Waals surface area contributed by atoms with Crippen molar-refractivity contribution in [3.63, 3.8) is 0 Å². The van der Waals surface area contributed by atoms with Gasteiger partial charge in [-0.2, -0.15) is 0 Å². The summed E-state index contributed by atoms with van der Waals surface area (Å²) in [5, 5.41) is 4.36. The lowest BCUT2D eigenvalue weighted by Gasteiger charge is -2.36. The summed E-state index contributed by atoms with van der Waals surface area (Å²) >= 11 is 5.98. The first-order valence-corrected chi connectivity index (χ1v) is 10.1. The van der Waals surface area contributed by atoms with Crippen LogP contribution < -0.4 is 10.2 Å². The van der Waals surface area contributed by atoms with E-state index in [1.165, 1.54) is 5.69 Å². The molecule has 0 radical (unpaired) electrons.